The van der Waals surface area contributed by atoms with Gasteiger partial charge in [0.2, 0.25) is 23.8 Å². The molecule has 2 heterocycles. The van der Waals surface area contributed by atoms with E-state index in [9.17, 15) is 34.2 Å². The Hall–Kier alpha value is -3.71. The van der Waals surface area contributed by atoms with Crippen LogP contribution in [-0.2, 0) is 30.3 Å². The van der Waals surface area contributed by atoms with E-state index in [-0.39, 0.29) is 25.9 Å². The maximum atomic E-state index is 14.1. The minimum atomic E-state index is -1.59. The lowest BCUT2D eigenvalue weighted by Gasteiger charge is -2.41. The fraction of sp³-hybridized carbons (Fsp3) is 0.593. The average Bonchev–Trinajstić information content (AvgIpc) is 3.54. The number of likely N-dealkylation sites (tertiary alicyclic amines) is 2. The van der Waals surface area contributed by atoms with Gasteiger partial charge < -0.3 is 41.5 Å². The van der Waals surface area contributed by atoms with Crippen molar-refractivity contribution in [3.8, 4) is 0 Å². The van der Waals surface area contributed by atoms with Crippen molar-refractivity contribution in [1.29, 1.82) is 0 Å². The molecular formula is C27H39N5O8. The maximum absolute atomic E-state index is 14.1. The molecular weight excluding hydrogens is 522 g/mol. The SMILES string of the molecule is Cc1ccc(C[C@]2(C(=O)NC(C(N)=O)C(C)O)CCCN2C(=O)[C@@H]2CCCN2C(=O)C(OC(N)=O)C(C)O)cc1. The summed E-state index contributed by atoms with van der Waals surface area (Å²) in [5.74, 6) is -2.81. The number of hydrogen-bond acceptors (Lipinski definition) is 8. The standard InChI is InChI=1S/C27H39N5O8/c1-15-7-9-18(10-8-15)14-27(25(38)30-20(16(2)33)22(28)35)11-5-13-32(27)23(36)19-6-4-12-31(19)24(37)21(17(3)34)40-26(29)39/h7-10,16-17,19-21,33-34H,4-6,11-14H2,1-3H3,(H2,28,35)(H2,29,39)(H,30,38)/t16?,17?,19-,20?,21?,27-/m0/s1. The summed E-state index contributed by atoms with van der Waals surface area (Å²) < 4.78 is 4.84. The molecule has 5 amide bonds. The Morgan fingerprint density at radius 3 is 2.25 bits per heavy atom. The summed E-state index contributed by atoms with van der Waals surface area (Å²) in [6.45, 7) is 4.91. The molecule has 2 aliphatic heterocycles. The Balaban J connectivity index is 1.98. The van der Waals surface area contributed by atoms with Gasteiger partial charge >= 0.3 is 6.09 Å². The third kappa shape index (κ3) is 6.53. The highest BCUT2D eigenvalue weighted by Gasteiger charge is 2.53. The van der Waals surface area contributed by atoms with Crippen LogP contribution >= 0.6 is 0 Å². The minimum absolute atomic E-state index is 0.123. The van der Waals surface area contributed by atoms with Gasteiger partial charge in [0, 0.05) is 19.5 Å². The highest BCUT2D eigenvalue weighted by Crippen LogP contribution is 2.36. The zero-order chi connectivity index (χ0) is 29.8. The Kier molecular flexibility index (Phi) is 9.74. The van der Waals surface area contributed by atoms with Crippen LogP contribution in [-0.4, -0.2) is 98.8 Å². The number of carbonyl (C=O) groups excluding carboxylic acids is 5. The number of benzene rings is 1. The Bertz CT molecular complexity index is 1120. The molecule has 13 heteroatoms. The number of hydrogen-bond donors (Lipinski definition) is 5. The van der Waals surface area contributed by atoms with Crippen LogP contribution < -0.4 is 16.8 Å². The largest absolute Gasteiger partial charge is 0.433 e. The summed E-state index contributed by atoms with van der Waals surface area (Å²) in [6.07, 6.45) is -3.84. The van der Waals surface area contributed by atoms with Crippen molar-refractivity contribution in [2.24, 2.45) is 11.5 Å². The van der Waals surface area contributed by atoms with Gasteiger partial charge in [0.05, 0.1) is 12.2 Å². The van der Waals surface area contributed by atoms with E-state index < -0.39 is 65.7 Å². The number of ether oxygens (including phenoxy) is 1. The molecule has 1 aromatic rings. The van der Waals surface area contributed by atoms with Crippen LogP contribution in [0, 0.1) is 6.92 Å². The van der Waals surface area contributed by atoms with E-state index in [4.69, 9.17) is 16.2 Å². The van der Waals surface area contributed by atoms with Crippen molar-refractivity contribution in [3.63, 3.8) is 0 Å². The molecule has 4 unspecified atom stereocenters. The molecule has 3 rings (SSSR count). The molecule has 13 nitrogen and oxygen atoms in total. The fourth-order valence-corrected chi connectivity index (χ4v) is 5.56. The second kappa shape index (κ2) is 12.6. The Morgan fingerprint density at radius 1 is 1.05 bits per heavy atom. The molecule has 0 saturated carbocycles. The first-order valence-electron chi connectivity index (χ1n) is 13.4. The van der Waals surface area contributed by atoms with E-state index in [0.717, 1.165) is 11.1 Å². The van der Waals surface area contributed by atoms with Crippen LogP contribution in [0.1, 0.15) is 50.7 Å². The van der Waals surface area contributed by atoms with E-state index in [0.29, 0.717) is 19.3 Å². The van der Waals surface area contributed by atoms with E-state index in [1.807, 2.05) is 31.2 Å². The smallest absolute Gasteiger partial charge is 0.405 e. The molecule has 0 aliphatic carbocycles. The van der Waals surface area contributed by atoms with Crippen molar-refractivity contribution < 1.29 is 38.9 Å². The number of primary amides is 2. The topological polar surface area (TPSA) is 206 Å². The number of rotatable bonds is 10. The highest BCUT2D eigenvalue weighted by atomic mass is 16.6. The lowest BCUT2D eigenvalue weighted by atomic mass is 9.85. The number of nitrogens with two attached hydrogens (primary N) is 2. The summed E-state index contributed by atoms with van der Waals surface area (Å²) in [5, 5.41) is 22.7. The van der Waals surface area contributed by atoms with Gasteiger partial charge in [0.1, 0.15) is 17.6 Å². The lowest BCUT2D eigenvalue weighted by Crippen LogP contribution is -2.65. The molecule has 0 bridgehead atoms. The van der Waals surface area contributed by atoms with Gasteiger partial charge in [0.25, 0.3) is 5.91 Å². The molecule has 6 atom stereocenters. The van der Waals surface area contributed by atoms with Crippen LogP contribution in [0.15, 0.2) is 24.3 Å². The lowest BCUT2D eigenvalue weighted by molar-refractivity contribution is -0.156. The van der Waals surface area contributed by atoms with Gasteiger partial charge in [-0.3, -0.25) is 19.2 Å². The number of aliphatic hydroxyl groups excluding tert-OH is 2. The number of aryl methyl sites for hydroxylation is 1. The molecule has 220 valence electrons. The maximum Gasteiger partial charge on any atom is 0.405 e. The first-order chi connectivity index (χ1) is 18.8. The molecule has 0 spiro atoms. The van der Waals surface area contributed by atoms with Gasteiger partial charge in [-0.2, -0.15) is 0 Å². The van der Waals surface area contributed by atoms with E-state index in [2.05, 4.69) is 5.32 Å². The summed E-state index contributed by atoms with van der Waals surface area (Å²) >= 11 is 0. The second-order valence-electron chi connectivity index (χ2n) is 10.7. The molecule has 2 fully saturated rings. The van der Waals surface area contributed by atoms with E-state index in [1.165, 1.54) is 23.6 Å². The second-order valence-corrected chi connectivity index (χ2v) is 10.7. The van der Waals surface area contributed by atoms with Crippen molar-refractivity contribution in [2.45, 2.75) is 88.8 Å². The summed E-state index contributed by atoms with van der Waals surface area (Å²) in [4.78, 5) is 67.3. The molecule has 1 aromatic carbocycles. The number of aliphatic hydroxyl groups is 2. The number of nitrogens with zero attached hydrogens (tertiary/aromatic N) is 2. The summed E-state index contributed by atoms with van der Waals surface area (Å²) in [5.41, 5.74) is 10.9. The van der Waals surface area contributed by atoms with Crippen LogP contribution in [0.4, 0.5) is 4.79 Å². The molecule has 0 radical (unpaired) electrons. The average molecular weight is 562 g/mol. The van der Waals surface area contributed by atoms with Gasteiger partial charge in [-0.25, -0.2) is 4.79 Å². The first kappa shape index (κ1) is 30.8. The monoisotopic (exact) mass is 561 g/mol. The summed E-state index contributed by atoms with van der Waals surface area (Å²) in [6, 6.07) is 5.13. The third-order valence-electron chi connectivity index (χ3n) is 7.62. The predicted molar refractivity (Wildman–Crippen MR) is 142 cm³/mol. The van der Waals surface area contributed by atoms with Crippen molar-refractivity contribution >= 4 is 29.7 Å². The van der Waals surface area contributed by atoms with Crippen molar-refractivity contribution in [2.75, 3.05) is 13.1 Å². The number of amides is 5. The molecule has 2 saturated heterocycles. The van der Waals surface area contributed by atoms with Crippen LogP contribution in [0.3, 0.4) is 0 Å². The van der Waals surface area contributed by atoms with Crippen LogP contribution in [0.25, 0.3) is 0 Å². The molecule has 0 aromatic heterocycles. The Morgan fingerprint density at radius 2 is 1.70 bits per heavy atom. The Labute approximate surface area is 232 Å². The molecule has 2 aliphatic rings. The van der Waals surface area contributed by atoms with Crippen molar-refractivity contribution in [3.05, 3.63) is 35.4 Å². The quantitative estimate of drug-likeness (QED) is 0.241. The summed E-state index contributed by atoms with van der Waals surface area (Å²) in [7, 11) is 0. The third-order valence-corrected chi connectivity index (χ3v) is 7.62. The molecule has 7 N–H and O–H groups in total. The van der Waals surface area contributed by atoms with Gasteiger partial charge in [0.15, 0.2) is 0 Å². The fourth-order valence-electron chi connectivity index (χ4n) is 5.56. The van der Waals surface area contributed by atoms with Crippen LogP contribution in [0.2, 0.25) is 0 Å². The van der Waals surface area contributed by atoms with Gasteiger partial charge in [-0.1, -0.05) is 29.8 Å². The number of carbonyl (C=O) groups is 5. The minimum Gasteiger partial charge on any atom is -0.433 e. The normalized spacial score (nSPS) is 23.7. The van der Waals surface area contributed by atoms with Crippen molar-refractivity contribution in [1.82, 2.24) is 15.1 Å². The highest BCUT2D eigenvalue weighted by molar-refractivity contribution is 5.98. The predicted octanol–water partition coefficient (Wildman–Crippen LogP) is -0.915. The van der Waals surface area contributed by atoms with E-state index >= 15 is 0 Å². The zero-order valence-electron chi connectivity index (χ0n) is 23.0. The van der Waals surface area contributed by atoms with Gasteiger partial charge in [-0.05, 0) is 52.0 Å². The van der Waals surface area contributed by atoms with Crippen LogP contribution in [0.5, 0.6) is 0 Å². The first-order valence-corrected chi connectivity index (χ1v) is 13.4. The van der Waals surface area contributed by atoms with Gasteiger partial charge in [-0.15, -0.1) is 0 Å². The van der Waals surface area contributed by atoms with E-state index in [1.54, 1.807) is 0 Å². The number of nitrogens with one attached hydrogen (secondary N) is 1. The zero-order valence-corrected chi connectivity index (χ0v) is 23.0. The molecule has 40 heavy (non-hydrogen) atoms.